The third-order valence-electron chi connectivity index (χ3n) is 2.88. The normalized spacial score (nSPS) is 25.8. The lowest BCUT2D eigenvalue weighted by Gasteiger charge is -2.25. The lowest BCUT2D eigenvalue weighted by atomic mass is 9.93. The molecule has 0 unspecified atom stereocenters. The van der Waals surface area contributed by atoms with Crippen LogP contribution in [0.4, 0.5) is 5.82 Å². The number of nitrogens with zero attached hydrogens (tertiary/aromatic N) is 3. The first-order valence-electron chi connectivity index (χ1n) is 5.45. The number of amidine groups is 1. The quantitative estimate of drug-likeness (QED) is 0.251. The first-order chi connectivity index (χ1) is 8.20. The molecule has 1 aromatic heterocycles. The van der Waals surface area contributed by atoms with Gasteiger partial charge in [-0.3, -0.25) is 0 Å². The SMILES string of the molecule is NC(=NO)c1nonc1NC1CCC(O)CC1. The molecule has 1 saturated carbocycles. The van der Waals surface area contributed by atoms with Crippen molar-refractivity contribution < 1.29 is 14.9 Å². The van der Waals surface area contributed by atoms with Gasteiger partial charge in [0.05, 0.1) is 6.10 Å². The molecule has 1 aliphatic carbocycles. The summed E-state index contributed by atoms with van der Waals surface area (Å²) in [6.45, 7) is 0. The monoisotopic (exact) mass is 241 g/mol. The smallest absolute Gasteiger partial charge is 0.202 e. The summed E-state index contributed by atoms with van der Waals surface area (Å²) in [5.74, 6) is 0.214. The van der Waals surface area contributed by atoms with Crippen molar-refractivity contribution in [2.75, 3.05) is 5.32 Å². The predicted octanol–water partition coefficient (Wildman–Crippen LogP) is -0.121. The van der Waals surface area contributed by atoms with Crippen LogP contribution in [0.3, 0.4) is 0 Å². The van der Waals surface area contributed by atoms with Crippen molar-refractivity contribution in [3.8, 4) is 0 Å². The van der Waals surface area contributed by atoms with Crippen LogP contribution in [0.1, 0.15) is 31.4 Å². The fraction of sp³-hybridized carbons (Fsp3) is 0.667. The van der Waals surface area contributed by atoms with E-state index in [2.05, 4.69) is 25.4 Å². The van der Waals surface area contributed by atoms with E-state index in [0.717, 1.165) is 25.7 Å². The van der Waals surface area contributed by atoms with Crippen molar-refractivity contribution in [3.05, 3.63) is 5.69 Å². The number of rotatable bonds is 3. The van der Waals surface area contributed by atoms with Gasteiger partial charge < -0.3 is 21.4 Å². The molecule has 8 heteroatoms. The van der Waals surface area contributed by atoms with E-state index in [1.807, 2.05) is 0 Å². The van der Waals surface area contributed by atoms with Crippen LogP contribution in [-0.2, 0) is 0 Å². The van der Waals surface area contributed by atoms with Crippen LogP contribution in [0.25, 0.3) is 0 Å². The highest BCUT2D eigenvalue weighted by atomic mass is 16.6. The van der Waals surface area contributed by atoms with Gasteiger partial charge in [0.25, 0.3) is 0 Å². The van der Waals surface area contributed by atoms with E-state index in [0.29, 0.717) is 5.82 Å². The molecule has 0 bridgehead atoms. The van der Waals surface area contributed by atoms with Crippen LogP contribution in [-0.4, -0.2) is 38.6 Å². The molecule has 2 rings (SSSR count). The zero-order chi connectivity index (χ0) is 12.3. The summed E-state index contributed by atoms with van der Waals surface area (Å²) in [4.78, 5) is 0. The van der Waals surface area contributed by atoms with E-state index in [1.54, 1.807) is 0 Å². The van der Waals surface area contributed by atoms with E-state index in [4.69, 9.17) is 10.9 Å². The van der Waals surface area contributed by atoms with Gasteiger partial charge in [0.15, 0.2) is 11.5 Å². The molecule has 0 aliphatic heterocycles. The number of aromatic nitrogens is 2. The summed E-state index contributed by atoms with van der Waals surface area (Å²) in [6.07, 6.45) is 2.96. The van der Waals surface area contributed by atoms with Crippen LogP contribution in [0.2, 0.25) is 0 Å². The van der Waals surface area contributed by atoms with Gasteiger partial charge in [-0.15, -0.1) is 0 Å². The van der Waals surface area contributed by atoms with Crippen molar-refractivity contribution in [2.45, 2.75) is 37.8 Å². The molecular weight excluding hydrogens is 226 g/mol. The molecule has 1 aromatic rings. The largest absolute Gasteiger partial charge is 0.409 e. The summed E-state index contributed by atoms with van der Waals surface area (Å²) in [6, 6.07) is 0.190. The number of nitrogens with one attached hydrogen (secondary N) is 1. The molecule has 0 radical (unpaired) electrons. The molecule has 8 nitrogen and oxygen atoms in total. The van der Waals surface area contributed by atoms with Gasteiger partial charge in [0, 0.05) is 6.04 Å². The van der Waals surface area contributed by atoms with Crippen LogP contribution in [0.5, 0.6) is 0 Å². The fourth-order valence-corrected chi connectivity index (χ4v) is 1.91. The minimum atomic E-state index is -0.216. The van der Waals surface area contributed by atoms with Gasteiger partial charge in [-0.1, -0.05) is 5.16 Å². The Bertz CT molecular complexity index is 397. The predicted molar refractivity (Wildman–Crippen MR) is 58.7 cm³/mol. The maximum Gasteiger partial charge on any atom is 0.202 e. The Hall–Kier alpha value is -1.83. The van der Waals surface area contributed by atoms with E-state index in [-0.39, 0.29) is 23.7 Å². The molecule has 0 saturated heterocycles. The number of nitrogens with two attached hydrogens (primary N) is 1. The van der Waals surface area contributed by atoms with E-state index >= 15 is 0 Å². The maximum atomic E-state index is 9.39. The van der Waals surface area contributed by atoms with Crippen molar-refractivity contribution in [1.29, 1.82) is 0 Å². The maximum absolute atomic E-state index is 9.39. The van der Waals surface area contributed by atoms with E-state index in [1.165, 1.54) is 0 Å². The number of aliphatic hydroxyl groups excluding tert-OH is 1. The van der Waals surface area contributed by atoms with Crippen LogP contribution >= 0.6 is 0 Å². The van der Waals surface area contributed by atoms with Crippen molar-refractivity contribution in [2.24, 2.45) is 10.9 Å². The third kappa shape index (κ3) is 2.64. The summed E-state index contributed by atoms with van der Waals surface area (Å²) in [5, 5.41) is 31.1. The van der Waals surface area contributed by atoms with Crippen molar-refractivity contribution in [1.82, 2.24) is 10.3 Å². The van der Waals surface area contributed by atoms with Gasteiger partial charge in [0.1, 0.15) is 0 Å². The van der Waals surface area contributed by atoms with Crippen LogP contribution in [0.15, 0.2) is 9.78 Å². The molecule has 0 amide bonds. The molecule has 5 N–H and O–H groups in total. The molecule has 1 aliphatic rings. The Morgan fingerprint density at radius 3 is 2.71 bits per heavy atom. The highest BCUT2D eigenvalue weighted by Crippen LogP contribution is 2.22. The number of hydrogen-bond donors (Lipinski definition) is 4. The lowest BCUT2D eigenvalue weighted by Crippen LogP contribution is -2.29. The molecule has 0 aromatic carbocycles. The Kier molecular flexibility index (Phi) is 3.43. The Morgan fingerprint density at radius 1 is 1.35 bits per heavy atom. The first kappa shape index (κ1) is 11.6. The first-order valence-corrected chi connectivity index (χ1v) is 5.45. The Labute approximate surface area is 97.4 Å². The van der Waals surface area contributed by atoms with Gasteiger partial charge >= 0.3 is 0 Å². The van der Waals surface area contributed by atoms with Gasteiger partial charge in [-0.25, -0.2) is 4.63 Å². The molecule has 1 fully saturated rings. The average molecular weight is 241 g/mol. The number of anilines is 1. The highest BCUT2D eigenvalue weighted by Gasteiger charge is 2.22. The second-order valence-corrected chi connectivity index (χ2v) is 4.10. The standard InChI is InChI=1S/C9H15N5O3/c10-8(12-16)7-9(14-17-13-7)11-5-1-3-6(15)4-2-5/h5-6,15-16H,1-4H2,(H2,10,12)(H,11,14). The molecule has 94 valence electrons. The summed E-state index contributed by atoms with van der Waals surface area (Å²) >= 11 is 0. The minimum Gasteiger partial charge on any atom is -0.409 e. The van der Waals surface area contributed by atoms with Gasteiger partial charge in [-0.05, 0) is 36.0 Å². The Morgan fingerprint density at radius 2 is 2.06 bits per heavy atom. The minimum absolute atomic E-state index is 0.149. The van der Waals surface area contributed by atoms with Crippen LogP contribution in [0, 0.1) is 0 Å². The van der Waals surface area contributed by atoms with Gasteiger partial charge in [0.2, 0.25) is 5.82 Å². The second kappa shape index (κ2) is 5.00. The topological polar surface area (TPSA) is 130 Å². The van der Waals surface area contributed by atoms with Crippen molar-refractivity contribution >= 4 is 11.7 Å². The Balaban J connectivity index is 2.01. The zero-order valence-electron chi connectivity index (χ0n) is 9.20. The zero-order valence-corrected chi connectivity index (χ0v) is 9.20. The highest BCUT2D eigenvalue weighted by molar-refractivity contribution is 5.99. The third-order valence-corrected chi connectivity index (χ3v) is 2.88. The molecule has 1 heterocycles. The summed E-state index contributed by atoms with van der Waals surface area (Å²) in [7, 11) is 0. The molecule has 0 atom stereocenters. The second-order valence-electron chi connectivity index (χ2n) is 4.10. The number of aliphatic hydroxyl groups is 1. The molecular formula is C9H15N5O3. The summed E-state index contributed by atoms with van der Waals surface area (Å²) < 4.78 is 4.55. The summed E-state index contributed by atoms with van der Waals surface area (Å²) in [5.41, 5.74) is 5.62. The van der Waals surface area contributed by atoms with Crippen molar-refractivity contribution in [3.63, 3.8) is 0 Å². The van der Waals surface area contributed by atoms with Gasteiger partial charge in [-0.2, -0.15) is 0 Å². The lowest BCUT2D eigenvalue weighted by molar-refractivity contribution is 0.126. The number of oxime groups is 1. The fourth-order valence-electron chi connectivity index (χ4n) is 1.91. The van der Waals surface area contributed by atoms with E-state index < -0.39 is 0 Å². The molecule has 17 heavy (non-hydrogen) atoms. The number of hydrogen-bond acceptors (Lipinski definition) is 7. The average Bonchev–Trinajstić information content (AvgIpc) is 2.79. The van der Waals surface area contributed by atoms with E-state index in [9.17, 15) is 5.11 Å². The van der Waals surface area contributed by atoms with Crippen LogP contribution < -0.4 is 11.1 Å². The molecule has 0 spiro atoms.